The minimum absolute atomic E-state index is 0.0354. The molecule has 1 heterocycles. The number of halogens is 3. The maximum atomic E-state index is 13.1. The fourth-order valence-corrected chi connectivity index (χ4v) is 3.61. The molecule has 4 nitrogen and oxygen atoms in total. The van der Waals surface area contributed by atoms with Crippen molar-refractivity contribution in [3.05, 3.63) is 52.4 Å². The molecule has 0 saturated heterocycles. The molecule has 2 N–H and O–H groups in total. The SMILES string of the molecule is CC.N#Cc1cc(-c2ccc(C(=O)O)c(O)c2)c2scc(C(F)(F)F)c2c1. The average molecular weight is 393 g/mol. The molecule has 0 aliphatic carbocycles. The Hall–Kier alpha value is -3.05. The summed E-state index contributed by atoms with van der Waals surface area (Å²) in [6.45, 7) is 4.00. The first kappa shape index (κ1) is 20.3. The predicted octanol–water partition coefficient (Wildman–Crippen LogP) is 5.89. The number of nitrogens with zero attached hydrogens (tertiary/aromatic N) is 1. The molecule has 0 atom stereocenters. The van der Waals surface area contributed by atoms with Crippen molar-refractivity contribution in [3.63, 3.8) is 0 Å². The van der Waals surface area contributed by atoms with Crippen molar-refractivity contribution in [2.24, 2.45) is 0 Å². The second-order valence-corrected chi connectivity index (χ2v) is 6.08. The number of carbonyl (C=O) groups is 1. The number of benzene rings is 2. The van der Waals surface area contributed by atoms with Crippen LogP contribution < -0.4 is 0 Å². The summed E-state index contributed by atoms with van der Waals surface area (Å²) in [5.41, 5.74) is -0.481. The van der Waals surface area contributed by atoms with Gasteiger partial charge in [0.25, 0.3) is 0 Å². The molecule has 0 spiro atoms. The molecule has 0 bridgehead atoms. The van der Waals surface area contributed by atoms with Crippen LogP contribution in [0.2, 0.25) is 0 Å². The number of rotatable bonds is 2. The Morgan fingerprint density at radius 1 is 1.19 bits per heavy atom. The number of carboxylic acid groups (broad SMARTS) is 1. The first-order valence-corrected chi connectivity index (χ1v) is 8.69. The number of hydrogen-bond acceptors (Lipinski definition) is 4. The highest BCUT2D eigenvalue weighted by Crippen LogP contribution is 2.43. The van der Waals surface area contributed by atoms with Crippen LogP contribution in [0.25, 0.3) is 21.2 Å². The van der Waals surface area contributed by atoms with Gasteiger partial charge >= 0.3 is 12.1 Å². The van der Waals surface area contributed by atoms with Crippen LogP contribution in [0, 0.1) is 11.3 Å². The van der Waals surface area contributed by atoms with Gasteiger partial charge in [-0.3, -0.25) is 0 Å². The molecule has 1 aromatic heterocycles. The predicted molar refractivity (Wildman–Crippen MR) is 97.0 cm³/mol. The number of thiophene rings is 1. The van der Waals surface area contributed by atoms with Gasteiger partial charge in [-0.1, -0.05) is 19.9 Å². The average Bonchev–Trinajstić information content (AvgIpc) is 3.06. The zero-order chi connectivity index (χ0) is 20.4. The highest BCUT2D eigenvalue weighted by atomic mass is 32.1. The second-order valence-electron chi connectivity index (χ2n) is 5.20. The van der Waals surface area contributed by atoms with Crippen molar-refractivity contribution in [2.45, 2.75) is 20.0 Å². The molecule has 0 fully saturated rings. The molecule has 0 radical (unpaired) electrons. The lowest BCUT2D eigenvalue weighted by molar-refractivity contribution is -0.136. The van der Waals surface area contributed by atoms with Crippen molar-refractivity contribution >= 4 is 27.4 Å². The van der Waals surface area contributed by atoms with E-state index in [1.807, 2.05) is 19.9 Å². The van der Waals surface area contributed by atoms with Crippen molar-refractivity contribution in [3.8, 4) is 22.9 Å². The summed E-state index contributed by atoms with van der Waals surface area (Å²) in [7, 11) is 0. The second kappa shape index (κ2) is 7.68. The molecule has 0 saturated carbocycles. The molecule has 27 heavy (non-hydrogen) atoms. The highest BCUT2D eigenvalue weighted by Gasteiger charge is 2.34. The summed E-state index contributed by atoms with van der Waals surface area (Å²) < 4.78 is 39.7. The number of aromatic hydroxyl groups is 1. The van der Waals surface area contributed by atoms with E-state index in [4.69, 9.17) is 10.4 Å². The van der Waals surface area contributed by atoms with Gasteiger partial charge in [0.15, 0.2) is 0 Å². The lowest BCUT2D eigenvalue weighted by Crippen LogP contribution is -2.03. The number of alkyl halides is 3. The third-order valence-electron chi connectivity index (χ3n) is 3.65. The van der Waals surface area contributed by atoms with E-state index in [1.165, 1.54) is 18.2 Å². The van der Waals surface area contributed by atoms with E-state index in [1.54, 1.807) is 0 Å². The van der Waals surface area contributed by atoms with Gasteiger partial charge in [-0.05, 0) is 29.8 Å². The molecule has 140 valence electrons. The summed E-state index contributed by atoms with van der Waals surface area (Å²) in [5.74, 6) is -1.83. The molecule has 0 unspecified atom stereocenters. The van der Waals surface area contributed by atoms with Crippen LogP contribution in [0.3, 0.4) is 0 Å². The Morgan fingerprint density at radius 2 is 1.85 bits per heavy atom. The van der Waals surface area contributed by atoms with Crippen LogP contribution in [0.4, 0.5) is 13.2 Å². The van der Waals surface area contributed by atoms with E-state index in [0.717, 1.165) is 28.8 Å². The van der Waals surface area contributed by atoms with E-state index in [2.05, 4.69) is 0 Å². The van der Waals surface area contributed by atoms with Crippen LogP contribution in [0.5, 0.6) is 5.75 Å². The van der Waals surface area contributed by atoms with Gasteiger partial charge in [-0.25, -0.2) is 4.79 Å². The van der Waals surface area contributed by atoms with E-state index < -0.39 is 23.5 Å². The summed E-state index contributed by atoms with van der Waals surface area (Å²) in [6, 6.07) is 8.11. The zero-order valence-electron chi connectivity index (χ0n) is 14.3. The fourth-order valence-electron chi connectivity index (χ4n) is 2.52. The fraction of sp³-hybridized carbons (Fsp3) is 0.158. The van der Waals surface area contributed by atoms with Crippen molar-refractivity contribution in [1.82, 2.24) is 0 Å². The van der Waals surface area contributed by atoms with E-state index in [0.29, 0.717) is 15.8 Å². The Morgan fingerprint density at radius 3 is 2.37 bits per heavy atom. The molecule has 3 rings (SSSR count). The summed E-state index contributed by atoms with van der Waals surface area (Å²) in [4.78, 5) is 11.0. The monoisotopic (exact) mass is 393 g/mol. The Bertz CT molecular complexity index is 1050. The molecular formula is C19H14F3NO3S. The molecule has 8 heteroatoms. The molecule has 0 amide bonds. The lowest BCUT2D eigenvalue weighted by Gasteiger charge is -2.09. The maximum absolute atomic E-state index is 13.1. The van der Waals surface area contributed by atoms with Crippen LogP contribution in [0.1, 0.15) is 35.3 Å². The molecule has 3 aromatic rings. The van der Waals surface area contributed by atoms with Crippen LogP contribution >= 0.6 is 11.3 Å². The maximum Gasteiger partial charge on any atom is 0.417 e. The van der Waals surface area contributed by atoms with E-state index in [9.17, 15) is 23.1 Å². The quantitative estimate of drug-likeness (QED) is 0.569. The van der Waals surface area contributed by atoms with Crippen LogP contribution in [-0.4, -0.2) is 16.2 Å². The van der Waals surface area contributed by atoms with E-state index in [-0.39, 0.29) is 16.5 Å². The molecule has 0 aliphatic heterocycles. The van der Waals surface area contributed by atoms with E-state index >= 15 is 0 Å². The van der Waals surface area contributed by atoms with Gasteiger partial charge in [0, 0.05) is 21.0 Å². The van der Waals surface area contributed by atoms with Gasteiger partial charge in [-0.15, -0.1) is 11.3 Å². The lowest BCUT2D eigenvalue weighted by atomic mass is 9.98. The highest BCUT2D eigenvalue weighted by molar-refractivity contribution is 7.18. The van der Waals surface area contributed by atoms with Crippen molar-refractivity contribution in [1.29, 1.82) is 5.26 Å². The number of nitriles is 1. The first-order valence-electron chi connectivity index (χ1n) is 7.81. The number of carboxylic acids is 1. The number of hydrogen-bond donors (Lipinski definition) is 2. The molecular weight excluding hydrogens is 379 g/mol. The van der Waals surface area contributed by atoms with Gasteiger partial charge < -0.3 is 10.2 Å². The largest absolute Gasteiger partial charge is 0.507 e. The topological polar surface area (TPSA) is 81.3 Å². The number of phenols is 1. The van der Waals surface area contributed by atoms with Crippen molar-refractivity contribution < 1.29 is 28.2 Å². The van der Waals surface area contributed by atoms with Gasteiger partial charge in [0.1, 0.15) is 11.3 Å². The smallest absolute Gasteiger partial charge is 0.417 e. The summed E-state index contributed by atoms with van der Waals surface area (Å²) in [6.07, 6.45) is -4.56. The minimum Gasteiger partial charge on any atom is -0.507 e. The van der Waals surface area contributed by atoms with Crippen LogP contribution in [0.15, 0.2) is 35.7 Å². The Balaban J connectivity index is 0.00000126. The summed E-state index contributed by atoms with van der Waals surface area (Å²) in [5, 5.41) is 28.8. The van der Waals surface area contributed by atoms with Crippen LogP contribution in [-0.2, 0) is 6.18 Å². The third-order valence-corrected chi connectivity index (χ3v) is 4.68. The molecule has 2 aromatic carbocycles. The molecule has 0 aliphatic rings. The van der Waals surface area contributed by atoms with Gasteiger partial charge in [0.2, 0.25) is 0 Å². The number of fused-ring (bicyclic) bond motifs is 1. The normalized spacial score (nSPS) is 10.8. The summed E-state index contributed by atoms with van der Waals surface area (Å²) >= 11 is 0.870. The Labute approximate surface area is 156 Å². The van der Waals surface area contributed by atoms with Gasteiger partial charge in [-0.2, -0.15) is 18.4 Å². The Kier molecular flexibility index (Phi) is 5.76. The number of aromatic carboxylic acids is 1. The van der Waals surface area contributed by atoms with Crippen molar-refractivity contribution in [2.75, 3.05) is 0 Å². The minimum atomic E-state index is -4.56. The zero-order valence-corrected chi connectivity index (χ0v) is 15.1. The standard InChI is InChI=1S/C17H8F3NO3S.C2H6/c18-17(19,20)13-7-25-15-11(3-8(6-21)4-12(13)15)9-1-2-10(16(23)24)14(22)5-9;1-2/h1-5,7,22H,(H,23,24);1-2H3. The van der Waals surface area contributed by atoms with Gasteiger partial charge in [0.05, 0.1) is 17.2 Å². The first-order chi connectivity index (χ1) is 12.7. The third kappa shape index (κ3) is 3.88.